The number of nitrogens with one attached hydrogen (secondary N) is 1. The van der Waals surface area contributed by atoms with Crippen molar-refractivity contribution < 1.29 is 28.6 Å². The van der Waals surface area contributed by atoms with Crippen LogP contribution in [0.2, 0.25) is 0 Å². The molecule has 0 aliphatic rings. The van der Waals surface area contributed by atoms with E-state index < -0.39 is 19.8 Å². The van der Waals surface area contributed by atoms with E-state index in [1.54, 1.807) is 27.7 Å². The van der Waals surface area contributed by atoms with Crippen LogP contribution in [0.15, 0.2) is 0 Å². The predicted molar refractivity (Wildman–Crippen MR) is 66.3 cm³/mol. The summed E-state index contributed by atoms with van der Waals surface area (Å²) < 4.78 is 22.6. The van der Waals surface area contributed by atoms with Gasteiger partial charge in [0.15, 0.2) is 0 Å². The quantitative estimate of drug-likeness (QED) is 0.549. The molecule has 0 fully saturated rings. The smallest absolute Gasteiger partial charge is 0.406 e. The van der Waals surface area contributed by atoms with Crippen LogP contribution in [0.3, 0.4) is 0 Å². The van der Waals surface area contributed by atoms with E-state index in [1.807, 2.05) is 0 Å². The first kappa shape index (κ1) is 17.5. The van der Waals surface area contributed by atoms with Gasteiger partial charge in [0.25, 0.3) is 0 Å². The van der Waals surface area contributed by atoms with Crippen molar-refractivity contribution in [3.05, 3.63) is 0 Å². The van der Waals surface area contributed by atoms with Crippen LogP contribution in [0.1, 0.15) is 34.1 Å². The minimum absolute atomic E-state index is 0.0811. The first-order chi connectivity index (χ1) is 8.20. The van der Waals surface area contributed by atoms with Crippen LogP contribution in [0.25, 0.3) is 0 Å². The summed E-state index contributed by atoms with van der Waals surface area (Å²) in [5.41, 5.74) is 0. The number of rotatable bonds is 9. The molecule has 7 nitrogen and oxygen atoms in total. The van der Waals surface area contributed by atoms with Crippen molar-refractivity contribution in [3.63, 3.8) is 0 Å². The maximum Gasteiger partial charge on any atom is 0.406 e. The third-order valence-corrected chi connectivity index (χ3v) is 3.76. The standard InChI is InChI=1S/C10H22NO6P/c1-7(2)16-18(15,17-8(3)4)11-9(5-6-12)10(13)14/h7-9,12H,5-6H2,1-4H3,(H,11,15)(H,13,14)/t9-/m0/s1. The molecule has 0 heterocycles. The zero-order valence-electron chi connectivity index (χ0n) is 11.1. The maximum absolute atomic E-state index is 12.3. The van der Waals surface area contributed by atoms with Crippen LogP contribution in [-0.2, 0) is 18.4 Å². The van der Waals surface area contributed by atoms with Crippen molar-refractivity contribution in [2.75, 3.05) is 6.61 Å². The van der Waals surface area contributed by atoms with Crippen molar-refractivity contribution in [1.29, 1.82) is 0 Å². The van der Waals surface area contributed by atoms with Gasteiger partial charge in [-0.1, -0.05) is 0 Å². The topological polar surface area (TPSA) is 105 Å². The summed E-state index contributed by atoms with van der Waals surface area (Å²) in [5.74, 6) is -1.22. The highest BCUT2D eigenvalue weighted by Crippen LogP contribution is 2.46. The van der Waals surface area contributed by atoms with E-state index in [0.29, 0.717) is 0 Å². The largest absolute Gasteiger partial charge is 0.480 e. The van der Waals surface area contributed by atoms with E-state index in [9.17, 15) is 9.36 Å². The lowest BCUT2D eigenvalue weighted by atomic mass is 10.2. The van der Waals surface area contributed by atoms with Gasteiger partial charge in [-0.3, -0.25) is 13.8 Å². The predicted octanol–water partition coefficient (Wildman–Crippen LogP) is 1.37. The Morgan fingerprint density at radius 1 is 1.22 bits per heavy atom. The Balaban J connectivity index is 4.84. The zero-order valence-corrected chi connectivity index (χ0v) is 12.0. The Kier molecular flexibility index (Phi) is 7.66. The molecule has 0 aromatic heterocycles. The van der Waals surface area contributed by atoms with Gasteiger partial charge in [-0.15, -0.1) is 0 Å². The third kappa shape index (κ3) is 7.08. The van der Waals surface area contributed by atoms with Crippen LogP contribution >= 0.6 is 7.75 Å². The molecule has 3 N–H and O–H groups in total. The van der Waals surface area contributed by atoms with Crippen molar-refractivity contribution >= 4 is 13.7 Å². The average Bonchev–Trinajstić information content (AvgIpc) is 2.13. The van der Waals surface area contributed by atoms with Crippen molar-refractivity contribution in [2.24, 2.45) is 0 Å². The molecule has 0 spiro atoms. The minimum atomic E-state index is -3.71. The number of hydrogen-bond acceptors (Lipinski definition) is 5. The first-order valence-electron chi connectivity index (χ1n) is 5.78. The SMILES string of the molecule is CC(C)OP(=O)(N[C@@H](CCO)C(=O)O)OC(C)C. The molecule has 0 aromatic rings. The fourth-order valence-corrected chi connectivity index (χ4v) is 3.11. The summed E-state index contributed by atoms with van der Waals surface area (Å²) in [5, 5.41) is 20.0. The summed E-state index contributed by atoms with van der Waals surface area (Å²) >= 11 is 0. The molecule has 108 valence electrons. The lowest BCUT2D eigenvalue weighted by Crippen LogP contribution is -2.37. The van der Waals surface area contributed by atoms with Gasteiger partial charge in [0.2, 0.25) is 0 Å². The fourth-order valence-electron chi connectivity index (χ4n) is 1.20. The van der Waals surface area contributed by atoms with E-state index in [0.717, 1.165) is 0 Å². The fraction of sp³-hybridized carbons (Fsp3) is 0.900. The highest BCUT2D eigenvalue weighted by molar-refractivity contribution is 7.51. The number of carboxylic acids is 1. The van der Waals surface area contributed by atoms with Crippen molar-refractivity contribution in [3.8, 4) is 0 Å². The Labute approximate surface area is 107 Å². The molecule has 0 amide bonds. The molecular formula is C10H22NO6P. The normalized spacial score (nSPS) is 14.2. The summed E-state index contributed by atoms with van der Waals surface area (Å²) in [6.45, 7) is 6.33. The van der Waals surface area contributed by atoms with Gasteiger partial charge in [-0.25, -0.2) is 9.65 Å². The van der Waals surface area contributed by atoms with E-state index in [2.05, 4.69) is 5.09 Å². The van der Waals surface area contributed by atoms with Gasteiger partial charge in [0, 0.05) is 6.61 Å². The molecular weight excluding hydrogens is 261 g/mol. The van der Waals surface area contributed by atoms with Crippen LogP contribution in [0.4, 0.5) is 0 Å². The molecule has 0 unspecified atom stereocenters. The molecule has 0 saturated carbocycles. The Bertz CT molecular complexity index is 293. The number of aliphatic hydroxyl groups is 1. The molecule has 0 aliphatic carbocycles. The van der Waals surface area contributed by atoms with E-state index in [4.69, 9.17) is 19.3 Å². The number of aliphatic hydroxyl groups excluding tert-OH is 1. The second-order valence-electron chi connectivity index (χ2n) is 4.34. The second-order valence-corrected chi connectivity index (χ2v) is 6.01. The Hall–Kier alpha value is -0.460. The Morgan fingerprint density at radius 2 is 1.67 bits per heavy atom. The molecule has 8 heteroatoms. The lowest BCUT2D eigenvalue weighted by molar-refractivity contribution is -0.139. The molecule has 0 radical (unpaired) electrons. The summed E-state index contributed by atoms with van der Waals surface area (Å²) in [7, 11) is -3.71. The molecule has 0 saturated heterocycles. The summed E-state index contributed by atoms with van der Waals surface area (Å²) in [6, 6.07) is -1.18. The highest BCUT2D eigenvalue weighted by atomic mass is 31.2. The van der Waals surface area contributed by atoms with E-state index in [-0.39, 0.29) is 25.2 Å². The zero-order chi connectivity index (χ0) is 14.3. The van der Waals surface area contributed by atoms with Gasteiger partial charge in [0.1, 0.15) is 6.04 Å². The average molecular weight is 283 g/mol. The van der Waals surface area contributed by atoms with Gasteiger partial charge < -0.3 is 10.2 Å². The van der Waals surface area contributed by atoms with Crippen molar-refractivity contribution in [1.82, 2.24) is 5.09 Å². The van der Waals surface area contributed by atoms with Crippen LogP contribution in [0.5, 0.6) is 0 Å². The van der Waals surface area contributed by atoms with E-state index >= 15 is 0 Å². The molecule has 1 atom stereocenters. The van der Waals surface area contributed by atoms with Gasteiger partial charge in [0.05, 0.1) is 12.2 Å². The molecule has 0 aliphatic heterocycles. The van der Waals surface area contributed by atoms with Crippen LogP contribution in [-0.4, -0.2) is 41.0 Å². The number of hydrogen-bond donors (Lipinski definition) is 3. The monoisotopic (exact) mass is 283 g/mol. The molecule has 0 rings (SSSR count). The van der Waals surface area contributed by atoms with Crippen LogP contribution in [0, 0.1) is 0 Å². The van der Waals surface area contributed by atoms with E-state index in [1.165, 1.54) is 0 Å². The highest BCUT2D eigenvalue weighted by Gasteiger charge is 2.33. The van der Waals surface area contributed by atoms with Gasteiger partial charge in [-0.2, -0.15) is 0 Å². The van der Waals surface area contributed by atoms with Crippen LogP contribution < -0.4 is 5.09 Å². The summed E-state index contributed by atoms with van der Waals surface area (Å²) in [4.78, 5) is 10.9. The van der Waals surface area contributed by atoms with Crippen molar-refractivity contribution in [2.45, 2.75) is 52.4 Å². The molecule has 0 aromatic carbocycles. The second kappa shape index (κ2) is 7.86. The maximum atomic E-state index is 12.3. The number of carboxylic acid groups (broad SMARTS) is 1. The molecule has 0 bridgehead atoms. The Morgan fingerprint density at radius 3 is 1.94 bits per heavy atom. The molecule has 18 heavy (non-hydrogen) atoms. The number of carbonyl (C=O) groups is 1. The lowest BCUT2D eigenvalue weighted by Gasteiger charge is -2.25. The van der Waals surface area contributed by atoms with Gasteiger partial charge in [-0.05, 0) is 34.1 Å². The number of aliphatic carboxylic acids is 1. The minimum Gasteiger partial charge on any atom is -0.480 e. The first-order valence-corrected chi connectivity index (χ1v) is 7.32. The van der Waals surface area contributed by atoms with Gasteiger partial charge >= 0.3 is 13.7 Å². The third-order valence-electron chi connectivity index (χ3n) is 1.73. The summed E-state index contributed by atoms with van der Waals surface area (Å²) in [6.07, 6.45) is -0.848.